The Morgan fingerprint density at radius 3 is 2.45 bits per heavy atom. The molecule has 0 aliphatic heterocycles. The molecule has 112 valence electrons. The van der Waals surface area contributed by atoms with Gasteiger partial charge >= 0.3 is 5.97 Å². The Kier molecular flexibility index (Phi) is 4.47. The van der Waals surface area contributed by atoms with Gasteiger partial charge in [-0.25, -0.2) is 4.79 Å². The van der Waals surface area contributed by atoms with Crippen molar-refractivity contribution in [2.45, 2.75) is 6.54 Å². The highest BCUT2D eigenvalue weighted by Gasteiger charge is 2.11. The van der Waals surface area contributed by atoms with E-state index < -0.39 is 16.8 Å². The quantitative estimate of drug-likeness (QED) is 0.650. The van der Waals surface area contributed by atoms with Crippen molar-refractivity contribution in [3.05, 3.63) is 75.3 Å². The number of nitrogens with one attached hydrogen (secondary N) is 1. The van der Waals surface area contributed by atoms with Crippen LogP contribution in [0.15, 0.2) is 48.5 Å². The lowest BCUT2D eigenvalue weighted by atomic mass is 10.1. The molecular formula is C15H12N2O5. The number of carboxylic acids is 1. The summed E-state index contributed by atoms with van der Waals surface area (Å²) in [5.41, 5.74) is 0.755. The summed E-state index contributed by atoms with van der Waals surface area (Å²) in [4.78, 5) is 32.9. The SMILES string of the molecule is O=C(O)c1cccc(CNC(=O)c2cccc([N+](=O)[O-])c2)c1. The summed E-state index contributed by atoms with van der Waals surface area (Å²) in [6.07, 6.45) is 0. The van der Waals surface area contributed by atoms with Crippen LogP contribution in [0.4, 0.5) is 5.69 Å². The van der Waals surface area contributed by atoms with Crippen molar-refractivity contribution in [3.8, 4) is 0 Å². The lowest BCUT2D eigenvalue weighted by Gasteiger charge is -2.06. The van der Waals surface area contributed by atoms with Crippen LogP contribution in [-0.2, 0) is 6.54 Å². The molecule has 7 nitrogen and oxygen atoms in total. The summed E-state index contributed by atoms with van der Waals surface area (Å²) in [7, 11) is 0. The number of rotatable bonds is 5. The first-order valence-corrected chi connectivity index (χ1v) is 6.32. The first-order chi connectivity index (χ1) is 10.5. The summed E-state index contributed by atoms with van der Waals surface area (Å²) in [5, 5.41) is 22.2. The molecule has 0 saturated carbocycles. The second-order valence-electron chi connectivity index (χ2n) is 4.50. The van der Waals surface area contributed by atoms with Crippen LogP contribution < -0.4 is 5.32 Å². The van der Waals surface area contributed by atoms with Gasteiger partial charge in [-0.15, -0.1) is 0 Å². The van der Waals surface area contributed by atoms with Crippen molar-refractivity contribution >= 4 is 17.6 Å². The van der Waals surface area contributed by atoms with Gasteiger partial charge in [0.1, 0.15) is 0 Å². The molecule has 0 atom stereocenters. The molecule has 0 unspecified atom stereocenters. The standard InChI is InChI=1S/C15H12N2O5/c18-14(11-4-2-6-13(8-11)17(21)22)16-9-10-3-1-5-12(7-10)15(19)20/h1-8H,9H2,(H,16,18)(H,19,20). The number of carbonyl (C=O) groups excluding carboxylic acids is 1. The third-order valence-electron chi connectivity index (χ3n) is 2.95. The van der Waals surface area contributed by atoms with E-state index in [2.05, 4.69) is 5.32 Å². The molecule has 0 aliphatic carbocycles. The summed E-state index contributed by atoms with van der Waals surface area (Å²) in [6.45, 7) is 0.128. The average Bonchev–Trinajstić information content (AvgIpc) is 2.53. The topological polar surface area (TPSA) is 110 Å². The number of nitro groups is 1. The highest BCUT2D eigenvalue weighted by molar-refractivity contribution is 5.94. The van der Waals surface area contributed by atoms with Crippen LogP contribution in [0, 0.1) is 10.1 Å². The summed E-state index contributed by atoms with van der Waals surface area (Å²) >= 11 is 0. The molecule has 22 heavy (non-hydrogen) atoms. The van der Waals surface area contributed by atoms with Crippen LogP contribution in [0.2, 0.25) is 0 Å². The van der Waals surface area contributed by atoms with Crippen molar-refractivity contribution < 1.29 is 19.6 Å². The Morgan fingerprint density at radius 1 is 1.09 bits per heavy atom. The van der Waals surface area contributed by atoms with E-state index in [-0.39, 0.29) is 23.4 Å². The van der Waals surface area contributed by atoms with E-state index in [4.69, 9.17) is 5.11 Å². The summed E-state index contributed by atoms with van der Waals surface area (Å²) in [5.74, 6) is -1.52. The van der Waals surface area contributed by atoms with E-state index in [0.717, 1.165) is 0 Å². The summed E-state index contributed by atoms with van der Waals surface area (Å²) in [6, 6.07) is 11.5. The van der Waals surface area contributed by atoms with Crippen LogP contribution in [0.1, 0.15) is 26.3 Å². The van der Waals surface area contributed by atoms with Crippen LogP contribution >= 0.6 is 0 Å². The second kappa shape index (κ2) is 6.49. The van der Waals surface area contributed by atoms with Gasteiger partial charge in [-0.05, 0) is 23.8 Å². The maximum Gasteiger partial charge on any atom is 0.335 e. The lowest BCUT2D eigenvalue weighted by molar-refractivity contribution is -0.384. The van der Waals surface area contributed by atoms with Crippen LogP contribution in [0.5, 0.6) is 0 Å². The van der Waals surface area contributed by atoms with Gasteiger partial charge in [-0.3, -0.25) is 14.9 Å². The van der Waals surface area contributed by atoms with Crippen molar-refractivity contribution in [3.63, 3.8) is 0 Å². The zero-order chi connectivity index (χ0) is 16.1. The fraction of sp³-hybridized carbons (Fsp3) is 0.0667. The van der Waals surface area contributed by atoms with Crippen molar-refractivity contribution in [2.24, 2.45) is 0 Å². The molecule has 0 aliphatic rings. The normalized spacial score (nSPS) is 10.0. The monoisotopic (exact) mass is 300 g/mol. The Morgan fingerprint density at radius 2 is 1.77 bits per heavy atom. The van der Waals surface area contributed by atoms with E-state index in [1.807, 2.05) is 0 Å². The predicted molar refractivity (Wildman–Crippen MR) is 77.7 cm³/mol. The molecule has 1 amide bonds. The molecule has 2 rings (SSSR count). The summed E-state index contributed by atoms with van der Waals surface area (Å²) < 4.78 is 0. The molecule has 7 heteroatoms. The molecule has 2 N–H and O–H groups in total. The average molecular weight is 300 g/mol. The van der Waals surface area contributed by atoms with Gasteiger partial charge in [0.25, 0.3) is 11.6 Å². The van der Waals surface area contributed by atoms with E-state index in [0.29, 0.717) is 5.56 Å². The van der Waals surface area contributed by atoms with E-state index in [1.54, 1.807) is 12.1 Å². The largest absolute Gasteiger partial charge is 0.478 e. The number of nitro benzene ring substituents is 1. The first kappa shape index (κ1) is 15.2. The minimum absolute atomic E-state index is 0.127. The van der Waals surface area contributed by atoms with Gasteiger partial charge in [0.15, 0.2) is 0 Å². The van der Waals surface area contributed by atoms with Gasteiger partial charge in [0.2, 0.25) is 0 Å². The van der Waals surface area contributed by atoms with Gasteiger partial charge in [0.05, 0.1) is 10.5 Å². The maximum absolute atomic E-state index is 12.0. The van der Waals surface area contributed by atoms with Crippen molar-refractivity contribution in [1.29, 1.82) is 0 Å². The molecule has 0 aromatic heterocycles. The Bertz CT molecular complexity index is 742. The highest BCUT2D eigenvalue weighted by Crippen LogP contribution is 2.13. The Hall–Kier alpha value is -3.22. The Balaban J connectivity index is 2.07. The number of hydrogen-bond acceptors (Lipinski definition) is 4. The fourth-order valence-electron chi connectivity index (χ4n) is 1.86. The van der Waals surface area contributed by atoms with Crippen LogP contribution in [-0.4, -0.2) is 21.9 Å². The van der Waals surface area contributed by atoms with E-state index in [1.165, 1.54) is 36.4 Å². The van der Waals surface area contributed by atoms with Gasteiger partial charge in [-0.1, -0.05) is 18.2 Å². The number of aromatic carboxylic acids is 1. The molecule has 0 fully saturated rings. The van der Waals surface area contributed by atoms with Gasteiger partial charge in [0, 0.05) is 24.2 Å². The molecule has 0 saturated heterocycles. The maximum atomic E-state index is 12.0. The molecule has 2 aromatic carbocycles. The zero-order valence-electron chi connectivity index (χ0n) is 11.4. The number of carbonyl (C=O) groups is 2. The lowest BCUT2D eigenvalue weighted by Crippen LogP contribution is -2.22. The second-order valence-corrected chi connectivity index (χ2v) is 4.50. The molecule has 0 bridgehead atoms. The van der Waals surface area contributed by atoms with Gasteiger partial charge in [-0.2, -0.15) is 0 Å². The zero-order valence-corrected chi connectivity index (χ0v) is 11.4. The van der Waals surface area contributed by atoms with Crippen molar-refractivity contribution in [1.82, 2.24) is 5.32 Å². The molecule has 0 spiro atoms. The third kappa shape index (κ3) is 3.66. The minimum Gasteiger partial charge on any atom is -0.478 e. The smallest absolute Gasteiger partial charge is 0.335 e. The van der Waals surface area contributed by atoms with E-state index in [9.17, 15) is 19.7 Å². The predicted octanol–water partition coefficient (Wildman–Crippen LogP) is 2.22. The number of nitrogens with zero attached hydrogens (tertiary/aromatic N) is 1. The van der Waals surface area contributed by atoms with Gasteiger partial charge < -0.3 is 10.4 Å². The van der Waals surface area contributed by atoms with E-state index >= 15 is 0 Å². The molecule has 2 aromatic rings. The molecule has 0 radical (unpaired) electrons. The third-order valence-corrected chi connectivity index (χ3v) is 2.95. The Labute approximate surface area is 125 Å². The van der Waals surface area contributed by atoms with Crippen molar-refractivity contribution in [2.75, 3.05) is 0 Å². The van der Waals surface area contributed by atoms with Crippen LogP contribution in [0.3, 0.4) is 0 Å². The number of hydrogen-bond donors (Lipinski definition) is 2. The number of amides is 1. The fourth-order valence-corrected chi connectivity index (χ4v) is 1.86. The first-order valence-electron chi connectivity index (χ1n) is 6.32. The van der Waals surface area contributed by atoms with Crippen LogP contribution in [0.25, 0.3) is 0 Å². The molecular weight excluding hydrogens is 288 g/mol. The molecule has 0 heterocycles. The highest BCUT2D eigenvalue weighted by atomic mass is 16.6. The number of carboxylic acid groups (broad SMARTS) is 1. The number of non-ortho nitro benzene ring substituents is 1. The number of benzene rings is 2. The minimum atomic E-state index is -1.05.